The molecule has 1 aliphatic heterocycles. The zero-order chi connectivity index (χ0) is 15.0. The third kappa shape index (κ3) is 5.07. The molecule has 0 saturated carbocycles. The number of likely N-dealkylation sites (tertiary alicyclic amines) is 1. The van der Waals surface area contributed by atoms with Crippen molar-refractivity contribution in [1.29, 1.82) is 0 Å². The second-order valence-corrected chi connectivity index (χ2v) is 5.74. The van der Waals surface area contributed by atoms with E-state index in [-0.39, 0.29) is 0 Å². The Hall–Kier alpha value is -0.585. The number of hydrogen-bond acceptors (Lipinski definition) is 4. The topological polar surface area (TPSA) is 75.8 Å². The molecule has 0 aromatic heterocycles. The van der Waals surface area contributed by atoms with Gasteiger partial charge in [0.2, 0.25) is 0 Å². The highest BCUT2D eigenvalue weighted by molar-refractivity contribution is 6.08. The standard InChI is InChI=1S/C14H27BN2O3/c1-20-11-12-5-4-9-17(12)10-7-14(16,13(18)19)6-2-3-8-15/h12H,2-11,16H2,1H3,(H,18,19)/t12?,14-/m1/s1. The van der Waals surface area contributed by atoms with E-state index in [1.54, 1.807) is 7.11 Å². The first-order valence-corrected chi connectivity index (χ1v) is 7.49. The fourth-order valence-corrected chi connectivity index (χ4v) is 2.84. The first-order chi connectivity index (χ1) is 9.53. The van der Waals surface area contributed by atoms with Crippen molar-refractivity contribution in [1.82, 2.24) is 4.90 Å². The zero-order valence-electron chi connectivity index (χ0n) is 12.5. The van der Waals surface area contributed by atoms with E-state index in [0.717, 1.165) is 38.8 Å². The van der Waals surface area contributed by atoms with Crippen molar-refractivity contribution in [2.24, 2.45) is 5.73 Å². The van der Waals surface area contributed by atoms with E-state index in [0.29, 0.717) is 31.8 Å². The van der Waals surface area contributed by atoms with Crippen LogP contribution in [0.2, 0.25) is 6.32 Å². The summed E-state index contributed by atoms with van der Waals surface area (Å²) in [7, 11) is 7.15. The van der Waals surface area contributed by atoms with E-state index < -0.39 is 11.5 Å². The normalized spacial score (nSPS) is 22.8. The van der Waals surface area contributed by atoms with Crippen molar-refractivity contribution in [3.63, 3.8) is 0 Å². The Morgan fingerprint density at radius 2 is 2.25 bits per heavy atom. The summed E-state index contributed by atoms with van der Waals surface area (Å²) in [6.07, 6.45) is 5.40. The van der Waals surface area contributed by atoms with E-state index in [9.17, 15) is 9.90 Å². The molecule has 1 fully saturated rings. The zero-order valence-corrected chi connectivity index (χ0v) is 12.5. The fourth-order valence-electron chi connectivity index (χ4n) is 2.84. The van der Waals surface area contributed by atoms with Crippen LogP contribution in [-0.4, -0.2) is 62.2 Å². The minimum absolute atomic E-state index is 0.405. The molecule has 1 unspecified atom stereocenters. The van der Waals surface area contributed by atoms with Crippen molar-refractivity contribution in [2.45, 2.75) is 56.4 Å². The number of aliphatic carboxylic acids is 1. The molecule has 5 nitrogen and oxygen atoms in total. The molecule has 6 heteroatoms. The van der Waals surface area contributed by atoms with Crippen LogP contribution in [0.3, 0.4) is 0 Å². The summed E-state index contributed by atoms with van der Waals surface area (Å²) in [5, 5.41) is 9.38. The van der Waals surface area contributed by atoms with Gasteiger partial charge in [-0.15, -0.1) is 0 Å². The lowest BCUT2D eigenvalue weighted by molar-refractivity contribution is -0.144. The van der Waals surface area contributed by atoms with Gasteiger partial charge in [-0.2, -0.15) is 0 Å². The Kier molecular flexibility index (Phi) is 7.55. The van der Waals surface area contributed by atoms with Crippen molar-refractivity contribution in [3.8, 4) is 0 Å². The lowest BCUT2D eigenvalue weighted by Crippen LogP contribution is -2.50. The van der Waals surface area contributed by atoms with Crippen LogP contribution < -0.4 is 5.73 Å². The SMILES string of the molecule is [B]CCCC[C@@](N)(CCN1CCCC1COC)C(=O)O. The van der Waals surface area contributed by atoms with Gasteiger partial charge in [0.1, 0.15) is 5.54 Å². The van der Waals surface area contributed by atoms with Crippen molar-refractivity contribution >= 4 is 13.8 Å². The third-order valence-corrected chi connectivity index (χ3v) is 4.21. The van der Waals surface area contributed by atoms with Gasteiger partial charge in [-0.1, -0.05) is 19.2 Å². The minimum Gasteiger partial charge on any atom is -0.480 e. The second-order valence-electron chi connectivity index (χ2n) is 5.74. The number of methoxy groups -OCH3 is 1. The number of unbranched alkanes of at least 4 members (excludes halogenated alkanes) is 1. The predicted molar refractivity (Wildman–Crippen MR) is 80.1 cm³/mol. The summed E-state index contributed by atoms with van der Waals surface area (Å²) in [6, 6.07) is 0.405. The Bertz CT molecular complexity index is 304. The van der Waals surface area contributed by atoms with Crippen LogP contribution >= 0.6 is 0 Å². The largest absolute Gasteiger partial charge is 0.480 e. The number of carboxylic acids is 1. The van der Waals surface area contributed by atoms with Gasteiger partial charge in [0.05, 0.1) is 14.5 Å². The number of carboxylic acid groups (broad SMARTS) is 1. The Balaban J connectivity index is 2.47. The Labute approximate surface area is 123 Å². The van der Waals surface area contributed by atoms with Crippen LogP contribution in [0.15, 0.2) is 0 Å². The molecule has 0 amide bonds. The lowest BCUT2D eigenvalue weighted by atomic mass is 9.88. The summed E-state index contributed by atoms with van der Waals surface area (Å²) < 4.78 is 5.21. The summed E-state index contributed by atoms with van der Waals surface area (Å²) >= 11 is 0. The molecule has 0 bridgehead atoms. The maximum atomic E-state index is 11.4. The minimum atomic E-state index is -1.13. The van der Waals surface area contributed by atoms with E-state index in [1.165, 1.54) is 0 Å². The van der Waals surface area contributed by atoms with E-state index >= 15 is 0 Å². The number of rotatable bonds is 10. The van der Waals surface area contributed by atoms with Gasteiger partial charge in [-0.25, -0.2) is 0 Å². The van der Waals surface area contributed by atoms with Crippen molar-refractivity contribution in [2.75, 3.05) is 26.8 Å². The van der Waals surface area contributed by atoms with Gasteiger partial charge >= 0.3 is 5.97 Å². The fraction of sp³-hybridized carbons (Fsp3) is 0.929. The highest BCUT2D eigenvalue weighted by atomic mass is 16.5. The molecule has 2 radical (unpaired) electrons. The quantitative estimate of drug-likeness (QED) is 0.462. The van der Waals surface area contributed by atoms with Crippen LogP contribution in [0.25, 0.3) is 0 Å². The maximum Gasteiger partial charge on any atom is 0.323 e. The van der Waals surface area contributed by atoms with Crippen molar-refractivity contribution < 1.29 is 14.6 Å². The first-order valence-electron chi connectivity index (χ1n) is 7.49. The van der Waals surface area contributed by atoms with Gasteiger partial charge in [0, 0.05) is 19.7 Å². The van der Waals surface area contributed by atoms with Crippen LogP contribution in [0.4, 0.5) is 0 Å². The molecule has 0 aliphatic carbocycles. The van der Waals surface area contributed by atoms with Crippen LogP contribution in [0.5, 0.6) is 0 Å². The summed E-state index contributed by atoms with van der Waals surface area (Å²) in [6.45, 7) is 2.43. The van der Waals surface area contributed by atoms with Crippen LogP contribution in [0, 0.1) is 0 Å². The van der Waals surface area contributed by atoms with E-state index in [4.69, 9.17) is 18.3 Å². The Morgan fingerprint density at radius 1 is 1.50 bits per heavy atom. The molecule has 0 aromatic carbocycles. The lowest BCUT2D eigenvalue weighted by Gasteiger charge is -2.30. The second kappa shape index (κ2) is 8.65. The average Bonchev–Trinajstić information content (AvgIpc) is 2.84. The van der Waals surface area contributed by atoms with E-state index in [1.807, 2.05) is 0 Å². The molecular weight excluding hydrogens is 255 g/mol. The maximum absolute atomic E-state index is 11.4. The molecule has 0 spiro atoms. The molecule has 1 heterocycles. The third-order valence-electron chi connectivity index (χ3n) is 4.21. The number of hydrogen-bond donors (Lipinski definition) is 2. The highest BCUT2D eigenvalue weighted by Crippen LogP contribution is 2.22. The molecule has 1 rings (SSSR count). The molecule has 2 atom stereocenters. The Morgan fingerprint density at radius 3 is 2.85 bits per heavy atom. The smallest absolute Gasteiger partial charge is 0.323 e. The van der Waals surface area contributed by atoms with E-state index in [2.05, 4.69) is 4.90 Å². The summed E-state index contributed by atoms with van der Waals surface area (Å²) in [5.41, 5.74) is 4.95. The van der Waals surface area contributed by atoms with Gasteiger partial charge in [0.25, 0.3) is 0 Å². The molecule has 114 valence electrons. The molecular formula is C14H27BN2O3. The van der Waals surface area contributed by atoms with Gasteiger partial charge < -0.3 is 15.6 Å². The molecule has 1 aliphatic rings. The average molecular weight is 282 g/mol. The molecule has 20 heavy (non-hydrogen) atoms. The van der Waals surface area contributed by atoms with Gasteiger partial charge in [-0.05, 0) is 32.2 Å². The number of nitrogens with zero attached hydrogens (tertiary/aromatic N) is 1. The molecule has 0 aromatic rings. The van der Waals surface area contributed by atoms with Crippen molar-refractivity contribution in [3.05, 3.63) is 0 Å². The van der Waals surface area contributed by atoms with Crippen LogP contribution in [0.1, 0.15) is 38.5 Å². The number of ether oxygens (including phenoxy) is 1. The predicted octanol–water partition coefficient (Wildman–Crippen LogP) is 1.03. The first kappa shape index (κ1) is 17.5. The monoisotopic (exact) mass is 282 g/mol. The van der Waals surface area contributed by atoms with Gasteiger partial charge in [0.15, 0.2) is 0 Å². The van der Waals surface area contributed by atoms with Gasteiger partial charge in [-0.3, -0.25) is 9.69 Å². The highest BCUT2D eigenvalue weighted by Gasteiger charge is 2.35. The summed E-state index contributed by atoms with van der Waals surface area (Å²) in [5.74, 6) is -0.906. The van der Waals surface area contributed by atoms with Crippen LogP contribution in [-0.2, 0) is 9.53 Å². The summed E-state index contributed by atoms with van der Waals surface area (Å²) in [4.78, 5) is 13.7. The number of nitrogens with two attached hydrogens (primary N) is 1. The molecule has 1 saturated heterocycles. The molecule has 3 N–H and O–H groups in total. The number of carbonyl (C=O) groups is 1.